The Kier molecular flexibility index (Phi) is 7.17. The Labute approximate surface area is 318 Å². The van der Waals surface area contributed by atoms with Gasteiger partial charge in [0.15, 0.2) is 0 Å². The highest BCUT2D eigenvalue weighted by atomic mass is 16.3. The normalized spacial score (nSPS) is 11.6. The van der Waals surface area contributed by atoms with Gasteiger partial charge >= 0.3 is 0 Å². The molecule has 0 saturated heterocycles. The molecule has 3 nitrogen and oxygen atoms in total. The van der Waals surface area contributed by atoms with Crippen LogP contribution in [0.4, 0.5) is 17.1 Å². The van der Waals surface area contributed by atoms with Gasteiger partial charge in [0.25, 0.3) is 0 Å². The number of aromatic nitrogens is 1. The van der Waals surface area contributed by atoms with Crippen LogP contribution in [0.5, 0.6) is 0 Å². The molecule has 0 spiro atoms. The summed E-state index contributed by atoms with van der Waals surface area (Å²) in [5, 5.41) is 7.26. The summed E-state index contributed by atoms with van der Waals surface area (Å²) in [5.74, 6) is 0. The zero-order chi connectivity index (χ0) is 36.3. The molecule has 9 aromatic carbocycles. The fourth-order valence-corrected chi connectivity index (χ4v) is 8.45. The minimum atomic E-state index is 0.905. The zero-order valence-corrected chi connectivity index (χ0v) is 29.9. The first-order chi connectivity index (χ1) is 27.3. The van der Waals surface area contributed by atoms with Crippen LogP contribution in [0, 0.1) is 0 Å². The molecule has 11 rings (SSSR count). The Morgan fingerprint density at radius 2 is 0.891 bits per heavy atom. The van der Waals surface area contributed by atoms with Gasteiger partial charge in [-0.2, -0.15) is 0 Å². The first-order valence-electron chi connectivity index (χ1n) is 18.8. The Morgan fingerprint density at radius 1 is 0.364 bits per heavy atom. The maximum absolute atomic E-state index is 6.43. The summed E-state index contributed by atoms with van der Waals surface area (Å²) in [7, 11) is 0. The van der Waals surface area contributed by atoms with Crippen molar-refractivity contribution >= 4 is 71.6 Å². The summed E-state index contributed by atoms with van der Waals surface area (Å²) in [4.78, 5) is 2.36. The number of para-hydroxylation sites is 4. The number of furan rings is 1. The Hall–Kier alpha value is -7.36. The van der Waals surface area contributed by atoms with Gasteiger partial charge in [0.1, 0.15) is 11.2 Å². The smallest absolute Gasteiger partial charge is 0.143 e. The predicted molar refractivity (Wildman–Crippen MR) is 231 cm³/mol. The molecule has 0 unspecified atom stereocenters. The molecule has 55 heavy (non-hydrogen) atoms. The lowest BCUT2D eigenvalue weighted by atomic mass is 9.98. The van der Waals surface area contributed by atoms with E-state index < -0.39 is 0 Å². The van der Waals surface area contributed by atoms with Crippen molar-refractivity contribution < 1.29 is 4.42 Å². The summed E-state index contributed by atoms with van der Waals surface area (Å²) in [5.41, 5.74) is 13.1. The SMILES string of the molecule is c1cc(N(c2ccc(-c3cccc4ccccc34)cc2)c2ccc(-c3cccc4c3oc3ccccc34)cc2)cc(-n2c3ccccc3c3ccccc32)c1. The summed E-state index contributed by atoms with van der Waals surface area (Å²) in [6, 6.07) is 73.9. The molecule has 258 valence electrons. The monoisotopic (exact) mass is 702 g/mol. The Bertz CT molecular complexity index is 3150. The maximum Gasteiger partial charge on any atom is 0.143 e. The van der Waals surface area contributed by atoms with Gasteiger partial charge in [-0.15, -0.1) is 0 Å². The molecule has 0 radical (unpaired) electrons. The van der Waals surface area contributed by atoms with Crippen LogP contribution in [-0.2, 0) is 0 Å². The van der Waals surface area contributed by atoms with Gasteiger partial charge in [-0.1, -0.05) is 146 Å². The van der Waals surface area contributed by atoms with E-state index in [-0.39, 0.29) is 0 Å². The second-order valence-corrected chi connectivity index (χ2v) is 14.1. The fraction of sp³-hybridized carbons (Fsp3) is 0. The van der Waals surface area contributed by atoms with Gasteiger partial charge in [-0.3, -0.25) is 0 Å². The van der Waals surface area contributed by atoms with E-state index in [4.69, 9.17) is 4.42 Å². The molecule has 0 atom stereocenters. The number of anilines is 3. The predicted octanol–water partition coefficient (Wildman–Crippen LogP) is 14.6. The highest BCUT2D eigenvalue weighted by Gasteiger charge is 2.18. The molecular formula is C52H34N2O. The number of hydrogen-bond acceptors (Lipinski definition) is 2. The maximum atomic E-state index is 6.43. The topological polar surface area (TPSA) is 21.3 Å². The molecule has 2 aromatic heterocycles. The zero-order valence-electron chi connectivity index (χ0n) is 29.9. The first kappa shape index (κ1) is 31.2. The van der Waals surface area contributed by atoms with Gasteiger partial charge in [0, 0.05) is 49.9 Å². The molecule has 2 heterocycles. The summed E-state index contributed by atoms with van der Waals surface area (Å²) in [6.45, 7) is 0. The van der Waals surface area contributed by atoms with E-state index in [1.807, 2.05) is 12.1 Å². The Balaban J connectivity index is 1.06. The van der Waals surface area contributed by atoms with Gasteiger partial charge < -0.3 is 13.9 Å². The number of fused-ring (bicyclic) bond motifs is 7. The lowest BCUT2D eigenvalue weighted by molar-refractivity contribution is 0.670. The van der Waals surface area contributed by atoms with E-state index in [0.29, 0.717) is 0 Å². The van der Waals surface area contributed by atoms with Crippen LogP contribution in [0.2, 0.25) is 0 Å². The highest BCUT2D eigenvalue weighted by molar-refractivity contribution is 6.10. The molecule has 0 aliphatic rings. The van der Waals surface area contributed by atoms with E-state index in [1.54, 1.807) is 0 Å². The molecule has 0 bridgehead atoms. The molecule has 3 heteroatoms. The molecule has 0 N–H and O–H groups in total. The second-order valence-electron chi connectivity index (χ2n) is 14.1. The molecule has 11 aromatic rings. The molecule has 0 fully saturated rings. The summed E-state index contributed by atoms with van der Waals surface area (Å²) in [6.07, 6.45) is 0. The average Bonchev–Trinajstić information content (AvgIpc) is 3.80. The van der Waals surface area contributed by atoms with Crippen LogP contribution >= 0.6 is 0 Å². The highest BCUT2D eigenvalue weighted by Crippen LogP contribution is 2.41. The standard InChI is InChI=1S/C52H34N2O/c1-2-16-42-35(12-1)13-9-20-43(42)36-26-30-38(31-27-36)53(39-32-28-37(29-33-39)44-21-11-22-48-47-19-5-8-25-51(47)55-52(44)48)40-14-10-15-41(34-40)54-49-23-6-3-17-45(49)46-18-4-7-24-50(46)54/h1-34H. The third-order valence-electron chi connectivity index (χ3n) is 11.0. The molecular weight excluding hydrogens is 669 g/mol. The minimum Gasteiger partial charge on any atom is -0.455 e. The van der Waals surface area contributed by atoms with Crippen LogP contribution in [0.25, 0.3) is 82.5 Å². The molecule has 0 aliphatic heterocycles. The van der Waals surface area contributed by atoms with Crippen LogP contribution in [0.15, 0.2) is 211 Å². The van der Waals surface area contributed by atoms with Crippen LogP contribution in [-0.4, -0.2) is 4.57 Å². The first-order valence-corrected chi connectivity index (χ1v) is 18.8. The number of hydrogen-bond donors (Lipinski definition) is 0. The van der Waals surface area contributed by atoms with Crippen molar-refractivity contribution in [2.24, 2.45) is 0 Å². The summed E-state index contributed by atoms with van der Waals surface area (Å²) >= 11 is 0. The van der Waals surface area contributed by atoms with E-state index in [2.05, 4.69) is 204 Å². The van der Waals surface area contributed by atoms with Crippen molar-refractivity contribution in [3.63, 3.8) is 0 Å². The van der Waals surface area contributed by atoms with Gasteiger partial charge in [-0.05, 0) is 88.1 Å². The van der Waals surface area contributed by atoms with Crippen LogP contribution in [0.1, 0.15) is 0 Å². The second kappa shape index (κ2) is 12.6. The lowest BCUT2D eigenvalue weighted by Gasteiger charge is -2.26. The van der Waals surface area contributed by atoms with Gasteiger partial charge in [0.05, 0.1) is 11.0 Å². The number of rotatable bonds is 6. The third-order valence-corrected chi connectivity index (χ3v) is 11.0. The molecule has 0 aliphatic carbocycles. The number of nitrogens with zero attached hydrogens (tertiary/aromatic N) is 2. The van der Waals surface area contributed by atoms with E-state index in [1.165, 1.54) is 43.7 Å². The van der Waals surface area contributed by atoms with E-state index >= 15 is 0 Å². The van der Waals surface area contributed by atoms with Crippen molar-refractivity contribution in [2.75, 3.05) is 4.90 Å². The van der Waals surface area contributed by atoms with Crippen molar-refractivity contribution in [1.29, 1.82) is 0 Å². The molecule has 0 amide bonds. The van der Waals surface area contributed by atoms with E-state index in [0.717, 1.165) is 55.8 Å². The molecule has 0 saturated carbocycles. The Morgan fingerprint density at radius 3 is 1.62 bits per heavy atom. The number of benzene rings is 9. The fourth-order valence-electron chi connectivity index (χ4n) is 8.45. The van der Waals surface area contributed by atoms with Crippen LogP contribution in [0.3, 0.4) is 0 Å². The largest absolute Gasteiger partial charge is 0.455 e. The van der Waals surface area contributed by atoms with Crippen molar-refractivity contribution in [3.8, 4) is 27.9 Å². The minimum absolute atomic E-state index is 0.905. The van der Waals surface area contributed by atoms with Crippen molar-refractivity contribution in [2.45, 2.75) is 0 Å². The third kappa shape index (κ3) is 5.13. The lowest BCUT2D eigenvalue weighted by Crippen LogP contribution is -2.10. The van der Waals surface area contributed by atoms with Crippen molar-refractivity contribution in [3.05, 3.63) is 206 Å². The van der Waals surface area contributed by atoms with Crippen LogP contribution < -0.4 is 4.90 Å². The van der Waals surface area contributed by atoms with E-state index in [9.17, 15) is 0 Å². The summed E-state index contributed by atoms with van der Waals surface area (Å²) < 4.78 is 8.81. The van der Waals surface area contributed by atoms with Gasteiger partial charge in [0.2, 0.25) is 0 Å². The average molecular weight is 703 g/mol. The van der Waals surface area contributed by atoms with Gasteiger partial charge in [-0.25, -0.2) is 0 Å². The quantitative estimate of drug-likeness (QED) is 0.172. The van der Waals surface area contributed by atoms with Crippen molar-refractivity contribution in [1.82, 2.24) is 4.57 Å².